The number of benzene rings is 1. The molecule has 142 valence electrons. The topological polar surface area (TPSA) is 42.0 Å². The Balaban J connectivity index is 1.37. The number of carbonyl (C=O) groups excluding carboxylic acids is 1. The highest BCUT2D eigenvalue weighted by atomic mass is 16.5. The first kappa shape index (κ1) is 17.8. The van der Waals surface area contributed by atoms with Crippen molar-refractivity contribution < 1.29 is 14.3 Å². The number of carbonyl (C=O) groups is 1. The molecule has 0 unspecified atom stereocenters. The molecule has 4 rings (SSSR count). The molecule has 0 N–H and O–H groups in total. The van der Waals surface area contributed by atoms with Gasteiger partial charge in [-0.3, -0.25) is 9.69 Å². The number of piperidine rings is 1. The van der Waals surface area contributed by atoms with Crippen LogP contribution in [-0.4, -0.2) is 66.7 Å². The molecule has 0 spiro atoms. The monoisotopic (exact) mass is 358 g/mol. The molecule has 0 bridgehead atoms. The van der Waals surface area contributed by atoms with E-state index < -0.39 is 0 Å². The lowest BCUT2D eigenvalue weighted by atomic mass is 9.99. The van der Waals surface area contributed by atoms with Gasteiger partial charge in [0.2, 0.25) is 0 Å². The molecule has 1 aromatic rings. The van der Waals surface area contributed by atoms with E-state index in [2.05, 4.69) is 18.7 Å². The minimum Gasteiger partial charge on any atom is -0.487 e. The molecular formula is C21H30N2O3. The second kappa shape index (κ2) is 7.20. The van der Waals surface area contributed by atoms with Gasteiger partial charge in [0, 0.05) is 50.8 Å². The van der Waals surface area contributed by atoms with Gasteiger partial charge in [-0.15, -0.1) is 0 Å². The molecule has 26 heavy (non-hydrogen) atoms. The summed E-state index contributed by atoms with van der Waals surface area (Å²) in [6.07, 6.45) is 4.11. The zero-order chi connectivity index (χ0) is 18.1. The highest BCUT2D eigenvalue weighted by molar-refractivity contribution is 5.94. The maximum Gasteiger partial charge on any atom is 0.253 e. The first-order valence-electron chi connectivity index (χ1n) is 9.95. The van der Waals surface area contributed by atoms with Crippen molar-refractivity contribution in [2.75, 3.05) is 39.4 Å². The van der Waals surface area contributed by atoms with Gasteiger partial charge in [-0.2, -0.15) is 0 Å². The molecule has 1 amide bonds. The molecule has 0 saturated carbocycles. The van der Waals surface area contributed by atoms with Crippen LogP contribution in [0, 0.1) is 0 Å². The Morgan fingerprint density at radius 1 is 1.12 bits per heavy atom. The summed E-state index contributed by atoms with van der Waals surface area (Å²) in [7, 11) is 0. The normalized spacial score (nSPS) is 24.0. The van der Waals surface area contributed by atoms with Crippen LogP contribution in [0.5, 0.6) is 5.75 Å². The van der Waals surface area contributed by atoms with Gasteiger partial charge in [-0.05, 0) is 56.9 Å². The van der Waals surface area contributed by atoms with Gasteiger partial charge < -0.3 is 14.4 Å². The van der Waals surface area contributed by atoms with E-state index in [0.29, 0.717) is 6.04 Å². The number of ether oxygens (including phenoxy) is 2. The third-order valence-electron chi connectivity index (χ3n) is 5.83. The smallest absolute Gasteiger partial charge is 0.253 e. The average molecular weight is 358 g/mol. The fraction of sp³-hybridized carbons (Fsp3) is 0.667. The van der Waals surface area contributed by atoms with Crippen LogP contribution in [0.15, 0.2) is 18.2 Å². The number of rotatable bonds is 2. The van der Waals surface area contributed by atoms with Gasteiger partial charge in [0.05, 0.1) is 6.61 Å². The Kier molecular flexibility index (Phi) is 4.93. The van der Waals surface area contributed by atoms with Crippen molar-refractivity contribution in [3.05, 3.63) is 29.3 Å². The Labute approximate surface area is 156 Å². The van der Waals surface area contributed by atoms with Crippen LogP contribution in [0.25, 0.3) is 0 Å². The zero-order valence-corrected chi connectivity index (χ0v) is 16.0. The fourth-order valence-corrected chi connectivity index (χ4v) is 4.49. The molecule has 3 aliphatic heterocycles. The third-order valence-corrected chi connectivity index (χ3v) is 5.83. The summed E-state index contributed by atoms with van der Waals surface area (Å²) < 4.78 is 11.5. The Morgan fingerprint density at radius 3 is 2.73 bits per heavy atom. The molecular weight excluding hydrogens is 328 g/mol. The van der Waals surface area contributed by atoms with Crippen molar-refractivity contribution in [3.8, 4) is 5.75 Å². The SMILES string of the molecule is CC1(C)Cc2cc(C(=O)N3CCC(N4CCCOCC4)CC3)ccc2O1. The van der Waals surface area contributed by atoms with Crippen LogP contribution in [0.4, 0.5) is 0 Å². The number of fused-ring (bicyclic) bond motifs is 1. The molecule has 2 saturated heterocycles. The quantitative estimate of drug-likeness (QED) is 0.815. The predicted octanol–water partition coefficient (Wildman–Crippen LogP) is 2.73. The lowest BCUT2D eigenvalue weighted by molar-refractivity contribution is 0.0609. The van der Waals surface area contributed by atoms with Crippen molar-refractivity contribution in [1.29, 1.82) is 0 Å². The summed E-state index contributed by atoms with van der Waals surface area (Å²) >= 11 is 0. The van der Waals surface area contributed by atoms with Gasteiger partial charge in [-0.25, -0.2) is 0 Å². The van der Waals surface area contributed by atoms with E-state index in [1.807, 2.05) is 23.1 Å². The largest absolute Gasteiger partial charge is 0.487 e. The average Bonchev–Trinajstić information content (AvgIpc) is 2.79. The van der Waals surface area contributed by atoms with Gasteiger partial charge in [0.15, 0.2) is 0 Å². The second-order valence-electron chi connectivity index (χ2n) is 8.39. The van der Waals surface area contributed by atoms with Crippen molar-refractivity contribution in [3.63, 3.8) is 0 Å². The van der Waals surface area contributed by atoms with E-state index in [1.54, 1.807) is 0 Å². The summed E-state index contributed by atoms with van der Waals surface area (Å²) in [6.45, 7) is 9.75. The van der Waals surface area contributed by atoms with Gasteiger partial charge in [-0.1, -0.05) is 0 Å². The van der Waals surface area contributed by atoms with Crippen LogP contribution in [0.2, 0.25) is 0 Å². The standard InChI is InChI=1S/C21H30N2O3/c1-21(2)15-17-14-16(4-5-19(17)26-21)20(24)23-9-6-18(7-10-23)22-8-3-12-25-13-11-22/h4-5,14,18H,3,6-13,15H2,1-2H3. The van der Waals surface area contributed by atoms with Crippen LogP contribution < -0.4 is 4.74 Å². The third kappa shape index (κ3) is 3.74. The highest BCUT2D eigenvalue weighted by Crippen LogP contribution is 2.35. The number of hydrogen-bond acceptors (Lipinski definition) is 4. The summed E-state index contributed by atoms with van der Waals surface area (Å²) in [5.41, 5.74) is 1.78. The summed E-state index contributed by atoms with van der Waals surface area (Å²) in [4.78, 5) is 17.5. The molecule has 5 heteroatoms. The fourth-order valence-electron chi connectivity index (χ4n) is 4.49. The van der Waals surface area contributed by atoms with Crippen LogP contribution in [0.1, 0.15) is 49.0 Å². The number of amides is 1. The molecule has 2 fully saturated rings. The highest BCUT2D eigenvalue weighted by Gasteiger charge is 2.32. The molecule has 0 radical (unpaired) electrons. The minimum atomic E-state index is -0.167. The van der Waals surface area contributed by atoms with E-state index >= 15 is 0 Å². The van der Waals surface area contributed by atoms with Crippen LogP contribution >= 0.6 is 0 Å². The van der Waals surface area contributed by atoms with E-state index in [9.17, 15) is 4.79 Å². The number of likely N-dealkylation sites (tertiary alicyclic amines) is 1. The summed E-state index contributed by atoms with van der Waals surface area (Å²) in [6, 6.07) is 6.50. The van der Waals surface area contributed by atoms with Crippen LogP contribution in [-0.2, 0) is 11.2 Å². The lowest BCUT2D eigenvalue weighted by Gasteiger charge is -2.38. The van der Waals surface area contributed by atoms with Crippen molar-refractivity contribution in [2.24, 2.45) is 0 Å². The van der Waals surface area contributed by atoms with E-state index in [1.165, 1.54) is 0 Å². The van der Waals surface area contributed by atoms with Gasteiger partial charge in [0.1, 0.15) is 11.4 Å². The maximum absolute atomic E-state index is 13.0. The Bertz CT molecular complexity index is 657. The maximum atomic E-state index is 13.0. The van der Waals surface area contributed by atoms with E-state index in [0.717, 1.165) is 82.0 Å². The van der Waals surface area contributed by atoms with Crippen molar-refractivity contribution in [2.45, 2.75) is 51.2 Å². The Morgan fingerprint density at radius 2 is 1.92 bits per heavy atom. The molecule has 0 atom stereocenters. The zero-order valence-electron chi connectivity index (χ0n) is 16.0. The number of nitrogens with zero attached hydrogens (tertiary/aromatic N) is 2. The summed E-state index contributed by atoms with van der Waals surface area (Å²) in [5.74, 6) is 1.09. The van der Waals surface area contributed by atoms with Gasteiger partial charge >= 0.3 is 0 Å². The van der Waals surface area contributed by atoms with E-state index in [-0.39, 0.29) is 11.5 Å². The van der Waals surface area contributed by atoms with E-state index in [4.69, 9.17) is 9.47 Å². The minimum absolute atomic E-state index is 0.162. The molecule has 0 aliphatic carbocycles. The van der Waals surface area contributed by atoms with Gasteiger partial charge in [0.25, 0.3) is 5.91 Å². The molecule has 3 heterocycles. The Hall–Kier alpha value is -1.59. The molecule has 0 aromatic heterocycles. The molecule has 5 nitrogen and oxygen atoms in total. The lowest BCUT2D eigenvalue weighted by Crippen LogP contribution is -2.47. The summed E-state index contributed by atoms with van der Waals surface area (Å²) in [5, 5.41) is 0. The number of hydrogen-bond donors (Lipinski definition) is 0. The van der Waals surface area contributed by atoms with Crippen LogP contribution in [0.3, 0.4) is 0 Å². The van der Waals surface area contributed by atoms with Crippen molar-refractivity contribution in [1.82, 2.24) is 9.80 Å². The predicted molar refractivity (Wildman–Crippen MR) is 101 cm³/mol. The first-order chi connectivity index (χ1) is 12.5. The molecule has 1 aromatic carbocycles. The molecule has 3 aliphatic rings. The van der Waals surface area contributed by atoms with Crippen molar-refractivity contribution >= 4 is 5.91 Å². The first-order valence-corrected chi connectivity index (χ1v) is 9.95. The second-order valence-corrected chi connectivity index (χ2v) is 8.39.